The number of halogens is 3. The molecule has 1 aromatic carbocycles. The normalized spacial score (nSPS) is 10.8. The van der Waals surface area contributed by atoms with Gasteiger partial charge in [-0.05, 0) is 72.6 Å². The second-order valence-electron chi connectivity index (χ2n) is 2.81. The zero-order valence-electron chi connectivity index (χ0n) is 6.89. The molecule has 1 heterocycles. The van der Waals surface area contributed by atoms with Gasteiger partial charge in [0.05, 0.1) is 9.99 Å². The summed E-state index contributed by atoms with van der Waals surface area (Å²) in [5, 5.41) is 1.07. The summed E-state index contributed by atoms with van der Waals surface area (Å²) in [6.07, 6.45) is 0. The molecule has 0 unspecified atom stereocenters. The number of benzene rings is 1. The topological polar surface area (TPSA) is 38.9 Å². The molecular weight excluding hydrogens is 423 g/mol. The Morgan fingerprint density at radius 1 is 1.14 bits per heavy atom. The molecule has 0 aliphatic heterocycles. The fourth-order valence-electron chi connectivity index (χ4n) is 1.16. The zero-order chi connectivity index (χ0) is 10.3. The highest BCUT2D eigenvalue weighted by Gasteiger charge is 2.04. The van der Waals surface area contributed by atoms with Crippen molar-refractivity contribution in [2.45, 2.75) is 0 Å². The van der Waals surface area contributed by atoms with E-state index >= 15 is 0 Å². The van der Waals surface area contributed by atoms with Crippen molar-refractivity contribution in [3.8, 4) is 0 Å². The van der Waals surface area contributed by atoms with Crippen LogP contribution in [0.4, 0.5) is 5.82 Å². The molecule has 72 valence electrons. The molecule has 1 aromatic heterocycles. The molecule has 2 rings (SSSR count). The molecule has 0 atom stereocenters. The first-order chi connectivity index (χ1) is 6.58. The summed E-state index contributed by atoms with van der Waals surface area (Å²) in [7, 11) is 0. The van der Waals surface area contributed by atoms with E-state index in [1.54, 1.807) is 0 Å². The molecule has 0 amide bonds. The third-order valence-electron chi connectivity index (χ3n) is 1.84. The van der Waals surface area contributed by atoms with Gasteiger partial charge in [0.2, 0.25) is 0 Å². The van der Waals surface area contributed by atoms with E-state index in [2.05, 4.69) is 59.4 Å². The summed E-state index contributed by atoms with van der Waals surface area (Å²) in [5.41, 5.74) is 6.62. The lowest BCUT2D eigenvalue weighted by molar-refractivity contribution is 1.39. The first-order valence-corrected chi connectivity index (χ1v) is 6.45. The summed E-state index contributed by atoms with van der Waals surface area (Å²) in [6.45, 7) is 0. The van der Waals surface area contributed by atoms with Crippen LogP contribution >= 0.6 is 54.5 Å². The second-order valence-corrected chi connectivity index (χ2v) is 5.69. The predicted molar refractivity (Wildman–Crippen MR) is 74.3 cm³/mol. The van der Waals surface area contributed by atoms with Crippen molar-refractivity contribution in [2.24, 2.45) is 0 Å². The number of hydrogen-bond donors (Lipinski definition) is 1. The fraction of sp³-hybridized carbons (Fsp3) is 0. The van der Waals surface area contributed by atoms with Gasteiger partial charge < -0.3 is 5.73 Å². The van der Waals surface area contributed by atoms with E-state index in [0.29, 0.717) is 5.82 Å². The lowest BCUT2D eigenvalue weighted by Crippen LogP contribution is -1.92. The Morgan fingerprint density at radius 2 is 1.79 bits per heavy atom. The quantitative estimate of drug-likeness (QED) is 0.647. The van der Waals surface area contributed by atoms with Crippen molar-refractivity contribution in [1.82, 2.24) is 4.98 Å². The SMILES string of the molecule is Nc1nc2cc(I)c(Br)cc2cc1Br. The number of rotatable bonds is 0. The molecule has 0 spiro atoms. The van der Waals surface area contributed by atoms with Crippen LogP contribution in [0.25, 0.3) is 10.9 Å². The van der Waals surface area contributed by atoms with Crippen LogP contribution in [0.1, 0.15) is 0 Å². The van der Waals surface area contributed by atoms with E-state index in [4.69, 9.17) is 5.73 Å². The molecule has 2 nitrogen and oxygen atoms in total. The largest absolute Gasteiger partial charge is 0.383 e. The summed E-state index contributed by atoms with van der Waals surface area (Å²) in [4.78, 5) is 4.28. The van der Waals surface area contributed by atoms with Gasteiger partial charge in [-0.15, -0.1) is 0 Å². The number of fused-ring (bicyclic) bond motifs is 1. The van der Waals surface area contributed by atoms with Crippen LogP contribution < -0.4 is 5.73 Å². The maximum atomic E-state index is 5.70. The number of nitrogen functional groups attached to an aromatic ring is 1. The van der Waals surface area contributed by atoms with Crippen LogP contribution in [0, 0.1) is 3.57 Å². The van der Waals surface area contributed by atoms with E-state index in [9.17, 15) is 0 Å². The number of anilines is 1. The maximum absolute atomic E-state index is 5.70. The molecule has 0 fully saturated rings. The average Bonchev–Trinajstić information content (AvgIpc) is 2.11. The van der Waals surface area contributed by atoms with Crippen molar-refractivity contribution in [3.63, 3.8) is 0 Å². The van der Waals surface area contributed by atoms with Gasteiger partial charge in [0, 0.05) is 13.4 Å². The summed E-state index contributed by atoms with van der Waals surface area (Å²) in [6, 6.07) is 6.01. The highest BCUT2D eigenvalue weighted by atomic mass is 127. The summed E-state index contributed by atoms with van der Waals surface area (Å²) in [5.74, 6) is 0.524. The molecule has 14 heavy (non-hydrogen) atoms. The highest BCUT2D eigenvalue weighted by Crippen LogP contribution is 2.28. The van der Waals surface area contributed by atoms with Gasteiger partial charge in [0.15, 0.2) is 0 Å². The molecule has 0 saturated carbocycles. The maximum Gasteiger partial charge on any atom is 0.138 e. The minimum absolute atomic E-state index is 0.524. The molecule has 5 heteroatoms. The van der Waals surface area contributed by atoms with Crippen molar-refractivity contribution in [2.75, 3.05) is 5.73 Å². The van der Waals surface area contributed by atoms with Crippen LogP contribution in [-0.4, -0.2) is 4.98 Å². The van der Waals surface area contributed by atoms with Crippen LogP contribution in [0.5, 0.6) is 0 Å². The molecule has 2 N–H and O–H groups in total. The van der Waals surface area contributed by atoms with Gasteiger partial charge in [-0.25, -0.2) is 4.98 Å². The highest BCUT2D eigenvalue weighted by molar-refractivity contribution is 14.1. The van der Waals surface area contributed by atoms with Gasteiger partial charge >= 0.3 is 0 Å². The number of nitrogens with zero attached hydrogens (tertiary/aromatic N) is 1. The Kier molecular flexibility index (Phi) is 2.99. The molecular formula is C9H5Br2IN2. The number of pyridine rings is 1. The van der Waals surface area contributed by atoms with Crippen LogP contribution in [0.2, 0.25) is 0 Å². The van der Waals surface area contributed by atoms with Gasteiger partial charge in [-0.1, -0.05) is 0 Å². The fourth-order valence-corrected chi connectivity index (χ4v) is 2.30. The number of nitrogens with two attached hydrogens (primary N) is 1. The Bertz CT molecular complexity index is 424. The van der Waals surface area contributed by atoms with Crippen LogP contribution in [0.15, 0.2) is 27.1 Å². The van der Waals surface area contributed by atoms with Crippen molar-refractivity contribution in [3.05, 3.63) is 30.7 Å². The van der Waals surface area contributed by atoms with Gasteiger partial charge in [-0.3, -0.25) is 0 Å². The standard InChI is InChI=1S/C9H5Br2IN2/c10-5-1-4-2-6(11)9(13)14-8(4)3-7(5)12/h1-3H,(H2,13,14). The molecule has 0 saturated heterocycles. The Hall–Kier alpha value is 0.120. The number of aromatic nitrogens is 1. The molecule has 2 aromatic rings. The first-order valence-electron chi connectivity index (χ1n) is 3.78. The third-order valence-corrected chi connectivity index (χ3v) is 4.76. The predicted octanol–water partition coefficient (Wildman–Crippen LogP) is 3.95. The Labute approximate surface area is 112 Å². The van der Waals surface area contributed by atoms with E-state index in [0.717, 1.165) is 23.4 Å². The number of hydrogen-bond acceptors (Lipinski definition) is 2. The summed E-state index contributed by atoms with van der Waals surface area (Å²) < 4.78 is 3.03. The molecule has 0 bridgehead atoms. The van der Waals surface area contributed by atoms with Gasteiger partial charge in [-0.2, -0.15) is 0 Å². The van der Waals surface area contributed by atoms with Gasteiger partial charge in [0.25, 0.3) is 0 Å². The third kappa shape index (κ3) is 1.90. The minimum Gasteiger partial charge on any atom is -0.383 e. The van der Waals surface area contributed by atoms with E-state index in [1.807, 2.05) is 18.2 Å². The smallest absolute Gasteiger partial charge is 0.138 e. The Balaban J connectivity index is 2.83. The second kappa shape index (κ2) is 3.94. The molecule has 0 aliphatic rings. The Morgan fingerprint density at radius 3 is 2.50 bits per heavy atom. The van der Waals surface area contributed by atoms with Gasteiger partial charge in [0.1, 0.15) is 5.82 Å². The molecule has 0 aliphatic carbocycles. The first kappa shape index (κ1) is 10.6. The lowest BCUT2D eigenvalue weighted by atomic mass is 10.2. The van der Waals surface area contributed by atoms with Crippen molar-refractivity contribution in [1.29, 1.82) is 0 Å². The van der Waals surface area contributed by atoms with Crippen LogP contribution in [0.3, 0.4) is 0 Å². The van der Waals surface area contributed by atoms with Crippen LogP contribution in [-0.2, 0) is 0 Å². The van der Waals surface area contributed by atoms with Crippen molar-refractivity contribution >= 4 is 71.2 Å². The van der Waals surface area contributed by atoms with Crippen molar-refractivity contribution < 1.29 is 0 Å². The van der Waals surface area contributed by atoms with E-state index < -0.39 is 0 Å². The minimum atomic E-state index is 0.524. The van der Waals surface area contributed by atoms with E-state index in [1.165, 1.54) is 0 Å². The monoisotopic (exact) mass is 426 g/mol. The summed E-state index contributed by atoms with van der Waals surface area (Å²) >= 11 is 9.09. The molecule has 0 radical (unpaired) electrons. The van der Waals surface area contributed by atoms with E-state index in [-0.39, 0.29) is 0 Å². The average molecular weight is 428 g/mol. The lowest BCUT2D eigenvalue weighted by Gasteiger charge is -2.03. The zero-order valence-corrected chi connectivity index (χ0v) is 12.2.